The van der Waals surface area contributed by atoms with E-state index < -0.39 is 98.0 Å². The predicted octanol–water partition coefficient (Wildman–Crippen LogP) is 9.56. The summed E-state index contributed by atoms with van der Waals surface area (Å²) in [5.74, 6) is -0.516. The zero-order valence-electron chi connectivity index (χ0n) is 26.3. The predicted molar refractivity (Wildman–Crippen MR) is 153 cm³/mol. The van der Waals surface area contributed by atoms with Gasteiger partial charge in [-0.3, -0.25) is 9.62 Å². The summed E-state index contributed by atoms with van der Waals surface area (Å²) < 4.78 is 198. The van der Waals surface area contributed by atoms with Crippen molar-refractivity contribution in [3.05, 3.63) is 63.7 Å². The molecule has 2 aromatic rings. The zero-order valence-corrected chi connectivity index (χ0v) is 27.1. The van der Waals surface area contributed by atoms with E-state index in [0.29, 0.717) is 30.7 Å². The molecule has 0 bridgehead atoms. The number of sulfonamides is 1. The van der Waals surface area contributed by atoms with Crippen LogP contribution < -0.4 is 9.46 Å². The van der Waals surface area contributed by atoms with E-state index >= 15 is 0 Å². The van der Waals surface area contributed by atoms with Gasteiger partial charge < -0.3 is 9.47 Å². The Balaban J connectivity index is 1.84. The van der Waals surface area contributed by atoms with Crippen LogP contribution in [0.5, 0.6) is 5.75 Å². The maximum atomic E-state index is 13.9. The molecule has 2 aromatic carbocycles. The van der Waals surface area contributed by atoms with Gasteiger partial charge in [-0.25, -0.2) is 4.79 Å². The molecule has 4 rings (SSSR count). The number of alkyl halides is 12. The quantitative estimate of drug-likeness (QED) is 0.285. The average Bonchev–Trinajstić information content (AvgIpc) is 3.22. The second-order valence-corrected chi connectivity index (χ2v) is 14.3. The topological polar surface area (TPSA) is 84.9 Å². The minimum atomic E-state index is -6.34. The lowest BCUT2D eigenvalue weighted by Crippen LogP contribution is -2.35. The second-order valence-electron chi connectivity index (χ2n) is 12.6. The highest BCUT2D eigenvalue weighted by atomic mass is 32.2. The fourth-order valence-corrected chi connectivity index (χ4v) is 6.48. The van der Waals surface area contributed by atoms with Gasteiger partial charge in [-0.2, -0.15) is 61.1 Å². The van der Waals surface area contributed by atoms with E-state index in [0.717, 1.165) is 16.7 Å². The number of allylic oxidation sites excluding steroid dienone is 1. The molecule has 1 amide bonds. The van der Waals surface area contributed by atoms with Crippen molar-refractivity contribution in [1.29, 1.82) is 0 Å². The van der Waals surface area contributed by atoms with Crippen LogP contribution in [0.3, 0.4) is 0 Å². The molecule has 2 aliphatic rings. The van der Waals surface area contributed by atoms with E-state index in [1.54, 1.807) is 13.8 Å². The summed E-state index contributed by atoms with van der Waals surface area (Å²) in [5.41, 5.74) is -13.5. The van der Waals surface area contributed by atoms with Crippen LogP contribution >= 0.6 is 0 Å². The van der Waals surface area contributed by atoms with Gasteiger partial charge in [0.2, 0.25) is 0 Å². The SMILES string of the molecule is COc1cc(C(F)(F)F)c(NS(=O)(=O)C(F)(F)F)cc1C1=C(CN2C(=O)O[C@H](c3cc(C(F)(F)F)cc(C(F)(F)F)c3)[C@@H]2C)CC(C)(C)CC1. The number of amides is 1. The van der Waals surface area contributed by atoms with Gasteiger partial charge in [0.1, 0.15) is 11.9 Å². The van der Waals surface area contributed by atoms with Crippen molar-refractivity contribution in [2.75, 3.05) is 18.4 Å². The number of cyclic esters (lactones) is 1. The Bertz CT molecular complexity index is 1760. The molecule has 1 aliphatic carbocycles. The molecule has 1 saturated heterocycles. The van der Waals surface area contributed by atoms with E-state index in [1.807, 2.05) is 0 Å². The molecule has 1 heterocycles. The number of nitrogens with zero attached hydrogens (tertiary/aromatic N) is 1. The molecule has 278 valence electrons. The monoisotopic (exact) mass is 756 g/mol. The molecule has 0 radical (unpaired) electrons. The summed E-state index contributed by atoms with van der Waals surface area (Å²) in [6.07, 6.45) is -18.1. The van der Waals surface area contributed by atoms with Crippen LogP contribution in [-0.2, 0) is 33.3 Å². The summed E-state index contributed by atoms with van der Waals surface area (Å²) in [5, 5.41) is 0. The van der Waals surface area contributed by atoms with Gasteiger partial charge in [0, 0.05) is 12.1 Å². The first-order chi connectivity index (χ1) is 22.6. The number of rotatable bonds is 7. The van der Waals surface area contributed by atoms with E-state index in [-0.39, 0.29) is 35.6 Å². The summed E-state index contributed by atoms with van der Waals surface area (Å²) >= 11 is 0. The van der Waals surface area contributed by atoms with Gasteiger partial charge in [-0.15, -0.1) is 0 Å². The Kier molecular flexibility index (Phi) is 9.92. The molecule has 50 heavy (non-hydrogen) atoms. The first kappa shape index (κ1) is 39.0. The van der Waals surface area contributed by atoms with E-state index in [4.69, 9.17) is 9.47 Å². The van der Waals surface area contributed by atoms with Crippen molar-refractivity contribution in [2.45, 2.75) is 76.2 Å². The third-order valence-electron chi connectivity index (χ3n) is 8.38. The molecule has 20 heteroatoms. The van der Waals surface area contributed by atoms with Crippen LogP contribution in [0.1, 0.15) is 74.0 Å². The van der Waals surface area contributed by atoms with Crippen molar-refractivity contribution in [1.82, 2.24) is 4.90 Å². The molecule has 1 aliphatic heterocycles. The van der Waals surface area contributed by atoms with E-state index in [9.17, 15) is 65.9 Å². The largest absolute Gasteiger partial charge is 0.516 e. The molecule has 2 atom stereocenters. The number of hydrogen-bond acceptors (Lipinski definition) is 5. The third kappa shape index (κ3) is 8.04. The summed E-state index contributed by atoms with van der Waals surface area (Å²) in [6, 6.07) is 0.368. The van der Waals surface area contributed by atoms with Crippen LogP contribution in [0.4, 0.5) is 63.2 Å². The summed E-state index contributed by atoms with van der Waals surface area (Å²) in [6.45, 7) is 4.44. The molecule has 0 saturated carbocycles. The van der Waals surface area contributed by atoms with Gasteiger partial charge >= 0.3 is 40.2 Å². The lowest BCUT2D eigenvalue weighted by molar-refractivity contribution is -0.143. The van der Waals surface area contributed by atoms with Gasteiger partial charge in [0.25, 0.3) is 0 Å². The molecule has 0 spiro atoms. The maximum Gasteiger partial charge on any atom is 0.516 e. The average molecular weight is 757 g/mol. The highest BCUT2D eigenvalue weighted by molar-refractivity contribution is 7.93. The summed E-state index contributed by atoms with van der Waals surface area (Å²) in [4.78, 5) is 14.1. The van der Waals surface area contributed by atoms with Crippen molar-refractivity contribution in [3.8, 4) is 5.75 Å². The lowest BCUT2D eigenvalue weighted by atomic mass is 9.72. The minimum Gasteiger partial charge on any atom is -0.496 e. The van der Waals surface area contributed by atoms with Crippen LogP contribution in [0.2, 0.25) is 0 Å². The molecular weight excluding hydrogens is 728 g/mol. The zero-order chi connectivity index (χ0) is 38.0. The maximum absolute atomic E-state index is 13.9. The third-order valence-corrected chi connectivity index (χ3v) is 9.48. The number of ether oxygens (including phenoxy) is 2. The number of benzene rings is 2. The molecule has 1 fully saturated rings. The Labute approximate surface area is 277 Å². The van der Waals surface area contributed by atoms with Crippen LogP contribution in [0.25, 0.3) is 5.57 Å². The highest BCUT2D eigenvalue weighted by Gasteiger charge is 2.48. The fraction of sp³-hybridized carbons (Fsp3) is 0.500. The van der Waals surface area contributed by atoms with E-state index in [1.165, 1.54) is 6.92 Å². The van der Waals surface area contributed by atoms with Crippen LogP contribution in [0, 0.1) is 5.41 Å². The Morgan fingerprint density at radius 2 is 1.46 bits per heavy atom. The minimum absolute atomic E-state index is 0.0266. The van der Waals surface area contributed by atoms with Crippen molar-refractivity contribution in [2.24, 2.45) is 5.41 Å². The van der Waals surface area contributed by atoms with Gasteiger partial charge in [0.05, 0.1) is 35.5 Å². The first-order valence-corrected chi connectivity index (χ1v) is 15.9. The van der Waals surface area contributed by atoms with E-state index in [2.05, 4.69) is 0 Å². The first-order valence-electron chi connectivity index (χ1n) is 14.4. The standard InChI is InChI=1S/C30H28F12N2O5S/c1-14-24(15-7-17(27(31,32)33)9-18(8-15)28(34,35)36)49-25(45)44(14)13-16-12-26(2,3)6-5-19(16)20-10-22(43-50(46,47)30(40,41)42)21(29(37,38)39)11-23(20)48-4/h7-11,14,24,43H,5-6,12-13H2,1-4H3/t14-,24-/m0/s1. The van der Waals surface area contributed by atoms with Crippen LogP contribution in [-0.4, -0.2) is 44.6 Å². The fourth-order valence-electron chi connectivity index (χ4n) is 5.90. The van der Waals surface area contributed by atoms with Gasteiger partial charge in [-0.05, 0) is 78.6 Å². The number of carbonyl (C=O) groups excluding carboxylic acids is 1. The van der Waals surface area contributed by atoms with Crippen LogP contribution in [0.15, 0.2) is 35.9 Å². The molecular formula is C30H28F12N2O5S. The number of hydrogen-bond donors (Lipinski definition) is 1. The molecule has 0 unspecified atom stereocenters. The van der Waals surface area contributed by atoms with Crippen molar-refractivity contribution in [3.63, 3.8) is 0 Å². The smallest absolute Gasteiger partial charge is 0.496 e. The molecule has 1 N–H and O–H groups in total. The normalized spacial score (nSPS) is 20.6. The number of carbonyl (C=O) groups is 1. The summed E-state index contributed by atoms with van der Waals surface area (Å²) in [7, 11) is -5.38. The second kappa shape index (κ2) is 12.7. The highest BCUT2D eigenvalue weighted by Crippen LogP contribution is 2.49. The molecule has 0 aromatic heterocycles. The number of nitrogens with one attached hydrogen (secondary N) is 1. The molecule has 7 nitrogen and oxygen atoms in total. The van der Waals surface area contributed by atoms with Gasteiger partial charge in [-0.1, -0.05) is 13.8 Å². The Morgan fingerprint density at radius 3 is 1.94 bits per heavy atom. The number of methoxy groups -OCH3 is 1. The number of halogens is 12. The van der Waals surface area contributed by atoms with Crippen molar-refractivity contribution < 1.29 is 75.4 Å². The Morgan fingerprint density at radius 1 is 0.900 bits per heavy atom. The van der Waals surface area contributed by atoms with Crippen molar-refractivity contribution >= 4 is 27.4 Å². The number of anilines is 1. The lowest BCUT2D eigenvalue weighted by Gasteiger charge is -2.36. The van der Waals surface area contributed by atoms with Gasteiger partial charge in [0.15, 0.2) is 0 Å². The Hall–Kier alpha value is -3.84.